The van der Waals surface area contributed by atoms with Gasteiger partial charge >= 0.3 is 11.9 Å². The number of hydrogen-bond acceptors (Lipinski definition) is 5. The van der Waals surface area contributed by atoms with Crippen LogP contribution in [0, 0.1) is 0 Å². The lowest BCUT2D eigenvalue weighted by atomic mass is 10.1. The standard InChI is InChI=1S/C49H84O5/c1-4-7-10-13-16-19-20-21-22-23-24-25-26-27-28-29-32-35-38-41-44-52-45-47(54-49(51)43-40-37-34-31-18-15-12-9-6-3)46-53-48(50)42-39-36-33-30-17-14-11-8-5-2/h7,10,16,19,21-22,24-25,27-28,32,35,47H,4-6,8-9,11-15,17-18,20,23,26,29-31,33-34,36-46H2,1-3H3/b10-7-,19-16-,22-21-,25-24-,28-27-,35-32-. The largest absolute Gasteiger partial charge is 0.462 e. The van der Waals surface area contributed by atoms with Gasteiger partial charge in [0.25, 0.3) is 0 Å². The first-order valence-electron chi connectivity index (χ1n) is 22.5. The molecule has 0 heterocycles. The van der Waals surface area contributed by atoms with Crippen LogP contribution in [0.1, 0.15) is 201 Å². The zero-order chi connectivity index (χ0) is 39.3. The Labute approximate surface area is 334 Å². The number of carbonyl (C=O) groups is 2. The molecule has 0 aromatic rings. The highest BCUT2D eigenvalue weighted by Crippen LogP contribution is 2.13. The zero-order valence-corrected chi connectivity index (χ0v) is 35.5. The molecule has 0 aliphatic carbocycles. The van der Waals surface area contributed by atoms with Gasteiger partial charge in [-0.15, -0.1) is 0 Å². The van der Waals surface area contributed by atoms with Crippen LogP contribution in [-0.4, -0.2) is 37.9 Å². The summed E-state index contributed by atoms with van der Waals surface area (Å²) in [5, 5.41) is 0. The third-order valence-electron chi connectivity index (χ3n) is 9.26. The van der Waals surface area contributed by atoms with E-state index in [4.69, 9.17) is 14.2 Å². The molecule has 0 aromatic heterocycles. The smallest absolute Gasteiger partial charge is 0.306 e. The molecular weight excluding hydrogens is 669 g/mol. The molecule has 0 amide bonds. The van der Waals surface area contributed by atoms with Gasteiger partial charge in [0.1, 0.15) is 6.61 Å². The number of esters is 2. The minimum absolute atomic E-state index is 0.0624. The molecule has 0 radical (unpaired) electrons. The molecule has 0 aliphatic heterocycles. The highest BCUT2D eigenvalue weighted by Gasteiger charge is 2.17. The average molecular weight is 753 g/mol. The van der Waals surface area contributed by atoms with E-state index in [1.165, 1.54) is 89.9 Å². The number of unbranched alkanes of at least 4 members (excludes halogenated alkanes) is 17. The molecule has 310 valence electrons. The van der Waals surface area contributed by atoms with Crippen LogP contribution in [0.5, 0.6) is 0 Å². The number of allylic oxidation sites excluding steroid dienone is 12. The van der Waals surface area contributed by atoms with Crippen LogP contribution in [0.3, 0.4) is 0 Å². The fourth-order valence-electron chi connectivity index (χ4n) is 5.94. The molecule has 1 unspecified atom stereocenters. The quantitative estimate of drug-likeness (QED) is 0.0354. The molecule has 54 heavy (non-hydrogen) atoms. The minimum atomic E-state index is -0.561. The van der Waals surface area contributed by atoms with Gasteiger partial charge < -0.3 is 14.2 Å². The molecular formula is C49H84O5. The summed E-state index contributed by atoms with van der Waals surface area (Å²) >= 11 is 0. The Hall–Kier alpha value is -2.66. The van der Waals surface area contributed by atoms with E-state index in [1.54, 1.807) is 0 Å². The van der Waals surface area contributed by atoms with Gasteiger partial charge in [0.05, 0.1) is 6.61 Å². The van der Waals surface area contributed by atoms with Gasteiger partial charge in [-0.1, -0.05) is 196 Å². The van der Waals surface area contributed by atoms with E-state index >= 15 is 0 Å². The number of ether oxygens (including phenoxy) is 3. The summed E-state index contributed by atoms with van der Waals surface area (Å²) in [5.41, 5.74) is 0. The summed E-state index contributed by atoms with van der Waals surface area (Å²) in [6.07, 6.45) is 56.3. The number of rotatable bonds is 40. The molecule has 5 heteroatoms. The van der Waals surface area contributed by atoms with E-state index in [-0.39, 0.29) is 25.2 Å². The van der Waals surface area contributed by atoms with Gasteiger partial charge in [0.2, 0.25) is 0 Å². The minimum Gasteiger partial charge on any atom is -0.462 e. The van der Waals surface area contributed by atoms with E-state index in [9.17, 15) is 9.59 Å². The van der Waals surface area contributed by atoms with Crippen molar-refractivity contribution >= 4 is 11.9 Å². The summed E-state index contributed by atoms with van der Waals surface area (Å²) in [5.74, 6) is -0.435. The van der Waals surface area contributed by atoms with E-state index in [1.807, 2.05) is 0 Å². The van der Waals surface area contributed by atoms with Gasteiger partial charge in [-0.3, -0.25) is 9.59 Å². The van der Waals surface area contributed by atoms with E-state index in [0.29, 0.717) is 19.4 Å². The first-order chi connectivity index (χ1) is 26.6. The van der Waals surface area contributed by atoms with Crippen LogP contribution in [0.15, 0.2) is 72.9 Å². The molecule has 0 bridgehead atoms. The third-order valence-corrected chi connectivity index (χ3v) is 9.26. The van der Waals surface area contributed by atoms with Gasteiger partial charge in [-0.05, 0) is 64.2 Å². The van der Waals surface area contributed by atoms with Crippen molar-refractivity contribution in [1.82, 2.24) is 0 Å². The molecule has 0 aliphatic rings. The van der Waals surface area contributed by atoms with Crippen LogP contribution in [0.25, 0.3) is 0 Å². The Morgan fingerprint density at radius 3 is 1.26 bits per heavy atom. The van der Waals surface area contributed by atoms with Gasteiger partial charge in [0.15, 0.2) is 6.10 Å². The molecule has 0 spiro atoms. The molecule has 0 aromatic carbocycles. The van der Waals surface area contributed by atoms with Crippen LogP contribution < -0.4 is 0 Å². The van der Waals surface area contributed by atoms with Crippen molar-refractivity contribution in [3.05, 3.63) is 72.9 Å². The number of hydrogen-bond donors (Lipinski definition) is 0. The highest BCUT2D eigenvalue weighted by atomic mass is 16.6. The van der Waals surface area contributed by atoms with Crippen LogP contribution in [0.2, 0.25) is 0 Å². The van der Waals surface area contributed by atoms with Crippen molar-refractivity contribution in [2.45, 2.75) is 207 Å². The zero-order valence-electron chi connectivity index (χ0n) is 35.5. The maximum absolute atomic E-state index is 12.6. The van der Waals surface area contributed by atoms with Crippen molar-refractivity contribution in [3.8, 4) is 0 Å². The van der Waals surface area contributed by atoms with E-state index in [2.05, 4.69) is 93.7 Å². The predicted octanol–water partition coefficient (Wildman–Crippen LogP) is 14.8. The molecule has 1 atom stereocenters. The van der Waals surface area contributed by atoms with E-state index in [0.717, 1.165) is 77.0 Å². The fourth-order valence-corrected chi connectivity index (χ4v) is 5.94. The Bertz CT molecular complexity index is 988. The second-order valence-electron chi connectivity index (χ2n) is 14.6. The molecule has 0 fully saturated rings. The van der Waals surface area contributed by atoms with Crippen LogP contribution >= 0.6 is 0 Å². The van der Waals surface area contributed by atoms with Gasteiger partial charge in [0, 0.05) is 19.4 Å². The second kappa shape index (κ2) is 44.7. The monoisotopic (exact) mass is 753 g/mol. The molecule has 0 rings (SSSR count). The first kappa shape index (κ1) is 51.3. The van der Waals surface area contributed by atoms with Gasteiger partial charge in [-0.25, -0.2) is 0 Å². The lowest BCUT2D eigenvalue weighted by Crippen LogP contribution is -2.30. The summed E-state index contributed by atoms with van der Waals surface area (Å²) < 4.78 is 17.2. The number of carbonyl (C=O) groups excluding carboxylic acids is 2. The summed E-state index contributed by atoms with van der Waals surface area (Å²) in [4.78, 5) is 25.1. The molecule has 5 nitrogen and oxygen atoms in total. The van der Waals surface area contributed by atoms with Crippen molar-refractivity contribution < 1.29 is 23.8 Å². The van der Waals surface area contributed by atoms with Gasteiger partial charge in [-0.2, -0.15) is 0 Å². The van der Waals surface area contributed by atoms with Crippen molar-refractivity contribution in [2.24, 2.45) is 0 Å². The topological polar surface area (TPSA) is 61.8 Å². The SMILES string of the molecule is CC/C=C\C/C=C\C/C=C\C/C=C\C/C=C\C/C=C\CCCOCC(COC(=O)CCCCCCCCCCC)OC(=O)CCCCCCCCCCC. The maximum atomic E-state index is 12.6. The Morgan fingerprint density at radius 2 is 0.815 bits per heavy atom. The Kier molecular flexibility index (Phi) is 42.5. The van der Waals surface area contributed by atoms with Crippen molar-refractivity contribution in [2.75, 3.05) is 19.8 Å². The normalized spacial score (nSPS) is 12.9. The van der Waals surface area contributed by atoms with Crippen molar-refractivity contribution in [3.63, 3.8) is 0 Å². The summed E-state index contributed by atoms with van der Waals surface area (Å²) in [6.45, 7) is 7.53. The lowest BCUT2D eigenvalue weighted by molar-refractivity contribution is -0.163. The molecule has 0 saturated heterocycles. The average Bonchev–Trinajstić information content (AvgIpc) is 3.17. The van der Waals surface area contributed by atoms with E-state index < -0.39 is 6.10 Å². The Balaban J connectivity index is 4.29. The fraction of sp³-hybridized carbons (Fsp3) is 0.714. The predicted molar refractivity (Wildman–Crippen MR) is 233 cm³/mol. The third kappa shape index (κ3) is 42.1. The summed E-state index contributed by atoms with van der Waals surface area (Å²) in [7, 11) is 0. The van der Waals surface area contributed by atoms with Crippen LogP contribution in [-0.2, 0) is 23.8 Å². The lowest BCUT2D eigenvalue weighted by Gasteiger charge is -2.18. The van der Waals surface area contributed by atoms with Crippen molar-refractivity contribution in [1.29, 1.82) is 0 Å². The second-order valence-corrected chi connectivity index (χ2v) is 14.6. The highest BCUT2D eigenvalue weighted by molar-refractivity contribution is 5.70. The maximum Gasteiger partial charge on any atom is 0.306 e. The first-order valence-corrected chi connectivity index (χ1v) is 22.5. The molecule has 0 saturated carbocycles. The molecule has 0 N–H and O–H groups in total. The Morgan fingerprint density at radius 1 is 0.426 bits per heavy atom. The summed E-state index contributed by atoms with van der Waals surface area (Å²) in [6, 6.07) is 0. The van der Waals surface area contributed by atoms with Crippen LogP contribution in [0.4, 0.5) is 0 Å².